The van der Waals surface area contributed by atoms with E-state index in [4.69, 9.17) is 9.52 Å². The largest absolute Gasteiger partial charge is 0.481 e. The lowest BCUT2D eigenvalue weighted by atomic mass is 9.94. The average Bonchev–Trinajstić information content (AvgIpc) is 2.95. The molecule has 0 spiro atoms. The van der Waals surface area contributed by atoms with E-state index in [9.17, 15) is 9.59 Å². The highest BCUT2D eigenvalue weighted by atomic mass is 16.4. The van der Waals surface area contributed by atoms with Crippen LogP contribution in [0.3, 0.4) is 0 Å². The van der Waals surface area contributed by atoms with Gasteiger partial charge < -0.3 is 14.8 Å². The maximum Gasteiger partial charge on any atom is 0.310 e. The van der Waals surface area contributed by atoms with Crippen LogP contribution in [0.1, 0.15) is 24.4 Å². The van der Waals surface area contributed by atoms with Gasteiger partial charge in [-0.3, -0.25) is 9.59 Å². The lowest BCUT2D eigenvalue weighted by molar-refractivity contribution is -0.146. The Balaban J connectivity index is 2.15. The molecule has 0 fully saturated rings. The van der Waals surface area contributed by atoms with Gasteiger partial charge in [-0.25, -0.2) is 0 Å². The fourth-order valence-corrected chi connectivity index (χ4v) is 1.79. The summed E-state index contributed by atoms with van der Waals surface area (Å²) in [6, 6.07) is 11.1. The zero-order chi connectivity index (χ0) is 15.5. The summed E-state index contributed by atoms with van der Waals surface area (Å²) in [4.78, 5) is 23.2. The van der Waals surface area contributed by atoms with E-state index in [1.807, 2.05) is 30.3 Å². The van der Waals surface area contributed by atoms with E-state index < -0.39 is 17.3 Å². The molecule has 5 nitrogen and oxygen atoms in total. The number of aliphatic carboxylic acids is 1. The number of rotatable bonds is 5. The van der Waals surface area contributed by atoms with Crippen LogP contribution < -0.4 is 5.32 Å². The molecular formula is C16H17NO4. The summed E-state index contributed by atoms with van der Waals surface area (Å²) in [5, 5.41) is 11.6. The molecular weight excluding hydrogens is 270 g/mol. The Morgan fingerprint density at radius 3 is 2.48 bits per heavy atom. The first-order valence-corrected chi connectivity index (χ1v) is 6.56. The van der Waals surface area contributed by atoms with Crippen molar-refractivity contribution in [2.45, 2.75) is 13.8 Å². The van der Waals surface area contributed by atoms with E-state index >= 15 is 0 Å². The van der Waals surface area contributed by atoms with Gasteiger partial charge in [0.1, 0.15) is 0 Å². The van der Waals surface area contributed by atoms with E-state index in [2.05, 4.69) is 5.32 Å². The minimum atomic E-state index is -1.03. The highest BCUT2D eigenvalue weighted by molar-refractivity contribution is 5.98. The second kappa shape index (κ2) is 5.83. The maximum atomic E-state index is 12.2. The molecule has 2 aromatic rings. The summed E-state index contributed by atoms with van der Waals surface area (Å²) < 4.78 is 5.25. The van der Waals surface area contributed by atoms with Crippen molar-refractivity contribution in [3.63, 3.8) is 0 Å². The third-order valence-corrected chi connectivity index (χ3v) is 3.23. The first kappa shape index (κ1) is 14.8. The molecule has 0 unspecified atom stereocenters. The number of carboxylic acid groups (broad SMARTS) is 1. The smallest absolute Gasteiger partial charge is 0.310 e. The second-order valence-corrected chi connectivity index (χ2v) is 5.40. The number of benzene rings is 1. The number of furan rings is 1. The van der Waals surface area contributed by atoms with Crippen molar-refractivity contribution in [2.75, 3.05) is 6.54 Å². The summed E-state index contributed by atoms with van der Waals surface area (Å²) in [6.45, 7) is 3.13. The molecule has 0 saturated carbocycles. The van der Waals surface area contributed by atoms with Crippen LogP contribution in [-0.4, -0.2) is 23.5 Å². The van der Waals surface area contributed by atoms with Gasteiger partial charge in [0.2, 0.25) is 0 Å². The van der Waals surface area contributed by atoms with Gasteiger partial charge in [0, 0.05) is 12.1 Å². The number of hydrogen-bond donors (Lipinski definition) is 2. The summed E-state index contributed by atoms with van der Waals surface area (Å²) in [6.07, 6.45) is 1.44. The predicted molar refractivity (Wildman–Crippen MR) is 77.9 cm³/mol. The Morgan fingerprint density at radius 1 is 1.19 bits per heavy atom. The van der Waals surface area contributed by atoms with Crippen LogP contribution in [0.5, 0.6) is 0 Å². The molecule has 0 atom stereocenters. The molecule has 2 N–H and O–H groups in total. The lowest BCUT2D eigenvalue weighted by Gasteiger charge is -2.19. The molecule has 1 aromatic heterocycles. The summed E-state index contributed by atoms with van der Waals surface area (Å²) >= 11 is 0. The molecule has 1 heterocycles. The molecule has 0 radical (unpaired) electrons. The molecule has 0 bridgehead atoms. The van der Waals surface area contributed by atoms with E-state index in [0.29, 0.717) is 5.56 Å². The Labute approximate surface area is 122 Å². The van der Waals surface area contributed by atoms with Crippen molar-refractivity contribution in [3.8, 4) is 11.1 Å². The van der Waals surface area contributed by atoms with Gasteiger partial charge in [-0.1, -0.05) is 30.3 Å². The van der Waals surface area contributed by atoms with Gasteiger partial charge in [-0.05, 0) is 25.5 Å². The Kier molecular flexibility index (Phi) is 4.12. The normalized spacial score (nSPS) is 11.1. The van der Waals surface area contributed by atoms with Crippen molar-refractivity contribution in [2.24, 2.45) is 5.41 Å². The quantitative estimate of drug-likeness (QED) is 0.886. The van der Waals surface area contributed by atoms with Crippen molar-refractivity contribution in [3.05, 3.63) is 48.4 Å². The molecule has 21 heavy (non-hydrogen) atoms. The fraction of sp³-hybridized carbons (Fsp3) is 0.250. The van der Waals surface area contributed by atoms with Crippen LogP contribution in [-0.2, 0) is 4.79 Å². The zero-order valence-corrected chi connectivity index (χ0v) is 11.9. The Hall–Kier alpha value is -2.56. The molecule has 0 aliphatic carbocycles. The number of amides is 1. The molecule has 5 heteroatoms. The first-order chi connectivity index (χ1) is 9.92. The van der Waals surface area contributed by atoms with Gasteiger partial charge in [0.25, 0.3) is 5.91 Å². The van der Waals surface area contributed by atoms with Gasteiger partial charge in [-0.2, -0.15) is 0 Å². The molecule has 2 rings (SSSR count). The molecule has 1 amide bonds. The van der Waals surface area contributed by atoms with E-state index in [-0.39, 0.29) is 12.3 Å². The van der Waals surface area contributed by atoms with Crippen LogP contribution >= 0.6 is 0 Å². The Bertz CT molecular complexity index is 643. The maximum absolute atomic E-state index is 12.2. The van der Waals surface area contributed by atoms with Gasteiger partial charge in [0.05, 0.1) is 11.7 Å². The number of carbonyl (C=O) groups is 2. The van der Waals surface area contributed by atoms with E-state index in [1.165, 1.54) is 6.26 Å². The van der Waals surface area contributed by atoms with Crippen LogP contribution in [0, 0.1) is 5.41 Å². The molecule has 0 aliphatic rings. The van der Waals surface area contributed by atoms with Crippen molar-refractivity contribution >= 4 is 11.9 Å². The standard InChI is InChI=1S/C16H17NO4/c1-16(2,15(19)20)10-17-14(18)13-12(8-9-21-13)11-6-4-3-5-7-11/h3-9H,10H2,1-2H3,(H,17,18)(H,19,20). The lowest BCUT2D eigenvalue weighted by Crippen LogP contribution is -2.38. The third kappa shape index (κ3) is 3.31. The minimum Gasteiger partial charge on any atom is -0.481 e. The van der Waals surface area contributed by atoms with Gasteiger partial charge >= 0.3 is 5.97 Å². The topological polar surface area (TPSA) is 79.5 Å². The summed E-state index contributed by atoms with van der Waals surface area (Å²) in [5.74, 6) is -1.21. The number of hydrogen-bond acceptors (Lipinski definition) is 3. The third-order valence-electron chi connectivity index (χ3n) is 3.23. The van der Waals surface area contributed by atoms with Crippen molar-refractivity contribution < 1.29 is 19.1 Å². The molecule has 1 aromatic carbocycles. The number of nitrogens with one attached hydrogen (secondary N) is 1. The van der Waals surface area contributed by atoms with Crippen LogP contribution in [0.15, 0.2) is 47.1 Å². The molecule has 0 aliphatic heterocycles. The Morgan fingerprint density at radius 2 is 1.86 bits per heavy atom. The van der Waals surface area contributed by atoms with Crippen LogP contribution in [0.25, 0.3) is 11.1 Å². The highest BCUT2D eigenvalue weighted by Crippen LogP contribution is 2.24. The van der Waals surface area contributed by atoms with Crippen LogP contribution in [0.2, 0.25) is 0 Å². The second-order valence-electron chi connectivity index (χ2n) is 5.40. The molecule has 0 saturated heterocycles. The molecule has 110 valence electrons. The summed E-state index contributed by atoms with van der Waals surface area (Å²) in [7, 11) is 0. The minimum absolute atomic E-state index is 0.0239. The SMILES string of the molecule is CC(C)(CNC(=O)c1occc1-c1ccccc1)C(=O)O. The van der Waals surface area contributed by atoms with Gasteiger partial charge in [-0.15, -0.1) is 0 Å². The van der Waals surface area contributed by atoms with Crippen LogP contribution in [0.4, 0.5) is 0 Å². The first-order valence-electron chi connectivity index (χ1n) is 6.56. The fourth-order valence-electron chi connectivity index (χ4n) is 1.79. The highest BCUT2D eigenvalue weighted by Gasteiger charge is 2.28. The number of carbonyl (C=O) groups excluding carboxylic acids is 1. The predicted octanol–water partition coefficient (Wildman–Crippen LogP) is 2.79. The van der Waals surface area contributed by atoms with Gasteiger partial charge in [0.15, 0.2) is 5.76 Å². The van der Waals surface area contributed by atoms with Crippen molar-refractivity contribution in [1.82, 2.24) is 5.32 Å². The number of carboxylic acids is 1. The zero-order valence-electron chi connectivity index (χ0n) is 11.9. The summed E-state index contributed by atoms with van der Waals surface area (Å²) in [5.41, 5.74) is 0.518. The van der Waals surface area contributed by atoms with E-state index in [1.54, 1.807) is 19.9 Å². The van der Waals surface area contributed by atoms with Crippen molar-refractivity contribution in [1.29, 1.82) is 0 Å². The van der Waals surface area contributed by atoms with E-state index in [0.717, 1.165) is 5.56 Å². The monoisotopic (exact) mass is 287 g/mol. The average molecular weight is 287 g/mol.